The molecule has 0 saturated carbocycles. The second kappa shape index (κ2) is 6.02. The second-order valence-corrected chi connectivity index (χ2v) is 6.13. The standard InChI is InChI=1S/C19H11FN4O4/c20-11-7-5-10(6-8-11)18-23-24(19(26)28-18)9-14-21-15-12-3-1-2-4-13(12)27-16(15)17(25)22-14/h1-8H,9H2,(H,21,22,25). The van der Waals surface area contributed by atoms with Gasteiger partial charge in [0.05, 0.1) is 0 Å². The van der Waals surface area contributed by atoms with E-state index in [-0.39, 0.29) is 23.8 Å². The van der Waals surface area contributed by atoms with Crippen molar-refractivity contribution in [1.82, 2.24) is 19.7 Å². The lowest BCUT2D eigenvalue weighted by molar-refractivity contribution is 0.491. The number of furan rings is 1. The number of H-pyrrole nitrogens is 1. The molecule has 2 aromatic carbocycles. The van der Waals surface area contributed by atoms with Crippen molar-refractivity contribution < 1.29 is 13.2 Å². The van der Waals surface area contributed by atoms with E-state index in [4.69, 9.17) is 8.83 Å². The molecule has 0 radical (unpaired) electrons. The van der Waals surface area contributed by atoms with Crippen LogP contribution in [0.5, 0.6) is 0 Å². The van der Waals surface area contributed by atoms with E-state index in [1.54, 1.807) is 18.2 Å². The monoisotopic (exact) mass is 378 g/mol. The van der Waals surface area contributed by atoms with Gasteiger partial charge in [-0.2, -0.15) is 4.68 Å². The molecule has 0 amide bonds. The SMILES string of the molecule is O=c1[nH]c(Cn2nc(-c3ccc(F)cc3)oc2=O)nc2c1oc1ccccc12. The molecule has 0 fully saturated rings. The highest BCUT2D eigenvalue weighted by Crippen LogP contribution is 2.24. The minimum absolute atomic E-state index is 0.0437. The van der Waals surface area contributed by atoms with Crippen LogP contribution in [-0.4, -0.2) is 19.7 Å². The summed E-state index contributed by atoms with van der Waals surface area (Å²) in [4.78, 5) is 31.5. The lowest BCUT2D eigenvalue weighted by Crippen LogP contribution is -2.20. The van der Waals surface area contributed by atoms with E-state index in [9.17, 15) is 14.0 Å². The van der Waals surface area contributed by atoms with Gasteiger partial charge in [-0.15, -0.1) is 5.10 Å². The minimum atomic E-state index is -0.723. The summed E-state index contributed by atoms with van der Waals surface area (Å²) >= 11 is 0. The first-order chi connectivity index (χ1) is 13.6. The summed E-state index contributed by atoms with van der Waals surface area (Å²) in [5.41, 5.74) is 1.07. The Morgan fingerprint density at radius 3 is 2.64 bits per heavy atom. The Labute approximate surface area is 154 Å². The van der Waals surface area contributed by atoms with Crippen molar-refractivity contribution in [2.45, 2.75) is 6.54 Å². The van der Waals surface area contributed by atoms with Gasteiger partial charge in [-0.3, -0.25) is 4.79 Å². The maximum Gasteiger partial charge on any atom is 0.437 e. The number of hydrogen-bond donors (Lipinski definition) is 1. The van der Waals surface area contributed by atoms with E-state index >= 15 is 0 Å². The molecule has 1 N–H and O–H groups in total. The normalized spacial score (nSPS) is 11.5. The van der Waals surface area contributed by atoms with E-state index in [1.807, 2.05) is 6.07 Å². The van der Waals surface area contributed by atoms with E-state index in [2.05, 4.69) is 15.1 Å². The summed E-state index contributed by atoms with van der Waals surface area (Å²) in [6.07, 6.45) is 0. The first kappa shape index (κ1) is 16.2. The predicted octanol–water partition coefficient (Wildman–Crippen LogP) is 2.67. The van der Waals surface area contributed by atoms with E-state index < -0.39 is 17.1 Å². The summed E-state index contributed by atoms with van der Waals surface area (Å²) in [7, 11) is 0. The van der Waals surface area contributed by atoms with Crippen LogP contribution in [0.25, 0.3) is 33.5 Å². The lowest BCUT2D eigenvalue weighted by atomic mass is 10.2. The van der Waals surface area contributed by atoms with Gasteiger partial charge in [0.25, 0.3) is 5.56 Å². The molecule has 0 unspecified atom stereocenters. The number of aromatic amines is 1. The van der Waals surface area contributed by atoms with Crippen LogP contribution in [0.1, 0.15) is 5.82 Å². The molecule has 5 aromatic rings. The average Bonchev–Trinajstić information content (AvgIpc) is 3.24. The molecule has 0 spiro atoms. The van der Waals surface area contributed by atoms with Crippen LogP contribution in [0.2, 0.25) is 0 Å². The zero-order valence-corrected chi connectivity index (χ0v) is 14.2. The van der Waals surface area contributed by atoms with Gasteiger partial charge in [0.2, 0.25) is 11.5 Å². The van der Waals surface area contributed by atoms with Gasteiger partial charge in [-0.25, -0.2) is 14.2 Å². The Kier molecular flexibility index (Phi) is 3.48. The van der Waals surface area contributed by atoms with Crippen LogP contribution in [0.4, 0.5) is 4.39 Å². The molecular formula is C19H11FN4O4. The van der Waals surface area contributed by atoms with Gasteiger partial charge in [0, 0.05) is 10.9 Å². The predicted molar refractivity (Wildman–Crippen MR) is 97.4 cm³/mol. The molecule has 0 aliphatic carbocycles. The van der Waals surface area contributed by atoms with Crippen LogP contribution in [0.3, 0.4) is 0 Å². The van der Waals surface area contributed by atoms with Crippen molar-refractivity contribution in [2.75, 3.05) is 0 Å². The van der Waals surface area contributed by atoms with Gasteiger partial charge in [-0.05, 0) is 36.4 Å². The van der Waals surface area contributed by atoms with Crippen molar-refractivity contribution in [3.8, 4) is 11.5 Å². The largest absolute Gasteiger partial charge is 0.449 e. The zero-order valence-electron chi connectivity index (χ0n) is 14.2. The number of nitrogens with one attached hydrogen (secondary N) is 1. The van der Waals surface area contributed by atoms with E-state index in [1.165, 1.54) is 24.3 Å². The number of halogens is 1. The lowest BCUT2D eigenvalue weighted by Gasteiger charge is -1.99. The molecule has 0 bridgehead atoms. The smallest absolute Gasteiger partial charge is 0.437 e. The maximum atomic E-state index is 13.1. The van der Waals surface area contributed by atoms with Gasteiger partial charge in [-0.1, -0.05) is 12.1 Å². The van der Waals surface area contributed by atoms with Gasteiger partial charge < -0.3 is 13.8 Å². The highest BCUT2D eigenvalue weighted by atomic mass is 19.1. The van der Waals surface area contributed by atoms with Gasteiger partial charge in [0.15, 0.2) is 0 Å². The molecule has 0 aliphatic heterocycles. The van der Waals surface area contributed by atoms with Crippen molar-refractivity contribution in [2.24, 2.45) is 0 Å². The fourth-order valence-corrected chi connectivity index (χ4v) is 2.98. The molecule has 8 nitrogen and oxygen atoms in total. The van der Waals surface area contributed by atoms with E-state index in [0.29, 0.717) is 22.0 Å². The number of benzene rings is 2. The van der Waals surface area contributed by atoms with Crippen molar-refractivity contribution >= 4 is 22.1 Å². The number of hydrogen-bond acceptors (Lipinski definition) is 6. The molecule has 3 heterocycles. The molecular weight excluding hydrogens is 367 g/mol. The number of para-hydroxylation sites is 1. The third kappa shape index (κ3) is 2.60. The van der Waals surface area contributed by atoms with Crippen LogP contribution in [-0.2, 0) is 6.54 Å². The van der Waals surface area contributed by atoms with Crippen molar-refractivity contribution in [3.63, 3.8) is 0 Å². The second-order valence-electron chi connectivity index (χ2n) is 6.13. The Morgan fingerprint density at radius 2 is 1.82 bits per heavy atom. The minimum Gasteiger partial charge on any atom is -0.449 e. The highest BCUT2D eigenvalue weighted by Gasteiger charge is 2.15. The van der Waals surface area contributed by atoms with Crippen LogP contribution in [0.15, 0.2) is 67.0 Å². The first-order valence-corrected chi connectivity index (χ1v) is 8.33. The summed E-state index contributed by atoms with van der Waals surface area (Å²) in [5, 5.41) is 4.79. The van der Waals surface area contributed by atoms with Crippen LogP contribution < -0.4 is 11.3 Å². The van der Waals surface area contributed by atoms with E-state index in [0.717, 1.165) is 4.68 Å². The maximum absolute atomic E-state index is 13.1. The molecule has 0 aliphatic rings. The summed E-state index contributed by atoms with van der Waals surface area (Å²) in [6.45, 7) is -0.103. The Morgan fingerprint density at radius 1 is 1.04 bits per heavy atom. The average molecular weight is 378 g/mol. The molecule has 0 saturated heterocycles. The zero-order chi connectivity index (χ0) is 19.3. The Balaban J connectivity index is 1.57. The topological polar surface area (TPSA) is 107 Å². The molecule has 138 valence electrons. The fraction of sp³-hybridized carbons (Fsp3) is 0.0526. The number of rotatable bonds is 3. The van der Waals surface area contributed by atoms with Crippen molar-refractivity contribution in [1.29, 1.82) is 0 Å². The summed E-state index contributed by atoms with van der Waals surface area (Å²) in [5.74, 6) is -0.862. The molecule has 5 rings (SSSR count). The van der Waals surface area contributed by atoms with Gasteiger partial charge >= 0.3 is 5.76 Å². The number of aromatic nitrogens is 4. The van der Waals surface area contributed by atoms with Gasteiger partial charge in [0.1, 0.15) is 29.3 Å². The highest BCUT2D eigenvalue weighted by molar-refractivity contribution is 6.01. The number of fused-ring (bicyclic) bond motifs is 3. The van der Waals surface area contributed by atoms with Crippen LogP contribution >= 0.6 is 0 Å². The first-order valence-electron chi connectivity index (χ1n) is 8.33. The molecule has 3 aromatic heterocycles. The molecule has 28 heavy (non-hydrogen) atoms. The third-order valence-electron chi connectivity index (χ3n) is 4.28. The Hall–Kier alpha value is -4.01. The third-order valence-corrected chi connectivity index (χ3v) is 4.28. The number of nitrogens with zero attached hydrogens (tertiary/aromatic N) is 3. The van der Waals surface area contributed by atoms with Crippen molar-refractivity contribution in [3.05, 3.63) is 81.1 Å². The quantitative estimate of drug-likeness (QED) is 0.517. The summed E-state index contributed by atoms with van der Waals surface area (Å²) < 4.78 is 24.8. The van der Waals surface area contributed by atoms with Crippen LogP contribution in [0, 0.1) is 5.82 Å². The molecule has 9 heteroatoms. The molecule has 0 atom stereocenters. The Bertz CT molecular complexity index is 1440. The summed E-state index contributed by atoms with van der Waals surface area (Å²) in [6, 6.07) is 12.5. The fourth-order valence-electron chi connectivity index (χ4n) is 2.98.